The van der Waals surface area contributed by atoms with Crippen LogP contribution >= 0.6 is 0 Å². The van der Waals surface area contributed by atoms with Gasteiger partial charge >= 0.3 is 6.09 Å². The van der Waals surface area contributed by atoms with Gasteiger partial charge in [0, 0.05) is 6.54 Å². The van der Waals surface area contributed by atoms with Crippen LogP contribution in [-0.4, -0.2) is 62.1 Å². The smallest absolute Gasteiger partial charge is 0.408 e. The lowest BCUT2D eigenvalue weighted by Gasteiger charge is -2.56. The Balaban J connectivity index is 1.43. The maximum atomic E-state index is 13.6. The molecular weight excluding hydrogens is 426 g/mol. The minimum Gasteiger partial charge on any atom is -0.445 e. The van der Waals surface area contributed by atoms with Gasteiger partial charge in [0.15, 0.2) is 0 Å². The molecule has 0 bridgehead atoms. The van der Waals surface area contributed by atoms with E-state index in [0.717, 1.165) is 12.0 Å². The lowest BCUT2D eigenvalue weighted by molar-refractivity contribution is -0.179. The number of carbonyl (C=O) groups excluding carboxylic acids is 3. The Bertz CT molecular complexity index is 996. The summed E-state index contributed by atoms with van der Waals surface area (Å²) in [5.74, 6) is -0.228. The van der Waals surface area contributed by atoms with Gasteiger partial charge in [0.1, 0.15) is 18.2 Å². The molecular formula is C23H29N5O5. The van der Waals surface area contributed by atoms with Crippen LogP contribution in [0.2, 0.25) is 0 Å². The summed E-state index contributed by atoms with van der Waals surface area (Å²) < 4.78 is 10.5. The topological polar surface area (TPSA) is 118 Å². The van der Waals surface area contributed by atoms with E-state index in [1.807, 2.05) is 51.1 Å². The van der Waals surface area contributed by atoms with Crippen molar-refractivity contribution in [2.24, 2.45) is 5.92 Å². The van der Waals surface area contributed by atoms with Crippen LogP contribution in [0.25, 0.3) is 0 Å². The molecule has 0 radical (unpaired) electrons. The van der Waals surface area contributed by atoms with Crippen LogP contribution in [0.4, 0.5) is 4.79 Å². The SMILES string of the molecule is CC(C)[C@H](NC(=O)OCc1ccccc1)C(=O)N1CCCC12C(=O)N(Cc1nnco1)C2C. The Kier molecular flexibility index (Phi) is 6.35. The van der Waals surface area contributed by atoms with Crippen molar-refractivity contribution in [2.45, 2.75) is 64.4 Å². The van der Waals surface area contributed by atoms with E-state index in [9.17, 15) is 14.4 Å². The molecule has 2 aromatic rings. The molecule has 10 heteroatoms. The number of ether oxygens (including phenoxy) is 1. The molecule has 2 unspecified atom stereocenters. The zero-order valence-electron chi connectivity index (χ0n) is 19.1. The lowest BCUT2D eigenvalue weighted by Crippen LogP contribution is -2.78. The van der Waals surface area contributed by atoms with Gasteiger partial charge in [0.05, 0.1) is 12.6 Å². The summed E-state index contributed by atoms with van der Waals surface area (Å²) in [5, 5.41) is 10.2. The minimum absolute atomic E-state index is 0.111. The Labute approximate surface area is 192 Å². The fraction of sp³-hybridized carbons (Fsp3) is 0.522. The molecule has 176 valence electrons. The number of benzene rings is 1. The van der Waals surface area contributed by atoms with Crippen LogP contribution in [0.1, 0.15) is 45.1 Å². The van der Waals surface area contributed by atoms with E-state index in [0.29, 0.717) is 18.9 Å². The van der Waals surface area contributed by atoms with Crippen molar-refractivity contribution in [3.05, 3.63) is 48.2 Å². The van der Waals surface area contributed by atoms with Crippen molar-refractivity contribution < 1.29 is 23.5 Å². The highest BCUT2D eigenvalue weighted by Gasteiger charge is 2.65. The largest absolute Gasteiger partial charge is 0.445 e. The fourth-order valence-corrected chi connectivity index (χ4v) is 4.79. The first-order valence-corrected chi connectivity index (χ1v) is 11.2. The highest BCUT2D eigenvalue weighted by atomic mass is 16.5. The number of carbonyl (C=O) groups is 3. The molecule has 2 aliphatic heterocycles. The predicted molar refractivity (Wildman–Crippen MR) is 116 cm³/mol. The summed E-state index contributed by atoms with van der Waals surface area (Å²) >= 11 is 0. The van der Waals surface area contributed by atoms with Crippen LogP contribution in [0.15, 0.2) is 41.1 Å². The number of hydrogen-bond donors (Lipinski definition) is 1. The van der Waals surface area contributed by atoms with Crippen molar-refractivity contribution in [3.8, 4) is 0 Å². The van der Waals surface area contributed by atoms with E-state index in [-0.39, 0.29) is 36.9 Å². The van der Waals surface area contributed by atoms with Crippen molar-refractivity contribution in [1.29, 1.82) is 0 Å². The van der Waals surface area contributed by atoms with Crippen LogP contribution in [0.3, 0.4) is 0 Å². The first-order chi connectivity index (χ1) is 15.8. The van der Waals surface area contributed by atoms with Gasteiger partial charge < -0.3 is 24.3 Å². The van der Waals surface area contributed by atoms with Gasteiger partial charge in [-0.3, -0.25) is 9.59 Å². The summed E-state index contributed by atoms with van der Waals surface area (Å²) in [4.78, 5) is 42.5. The minimum atomic E-state index is -0.903. The molecule has 4 rings (SSSR count). The van der Waals surface area contributed by atoms with Gasteiger partial charge in [-0.2, -0.15) is 0 Å². The van der Waals surface area contributed by atoms with E-state index in [4.69, 9.17) is 9.15 Å². The van der Waals surface area contributed by atoms with Crippen molar-refractivity contribution in [2.75, 3.05) is 6.54 Å². The third kappa shape index (κ3) is 4.17. The van der Waals surface area contributed by atoms with E-state index >= 15 is 0 Å². The van der Waals surface area contributed by atoms with Gasteiger partial charge in [0.2, 0.25) is 18.2 Å². The standard InChI is InChI=1S/C23H29N5O5/c1-15(2)19(25-22(31)32-13-17-8-5-4-6-9-17)20(29)28-11-7-10-23(28)16(3)27(21(23)30)12-18-26-24-14-33-18/h4-6,8-9,14-16,19H,7,10-13H2,1-3H3,(H,25,31)/t16?,19-,23?/m0/s1. The van der Waals surface area contributed by atoms with Crippen LogP contribution < -0.4 is 5.32 Å². The number of nitrogens with one attached hydrogen (secondary N) is 1. The maximum Gasteiger partial charge on any atom is 0.408 e. The van der Waals surface area contributed by atoms with Gasteiger partial charge in [-0.05, 0) is 31.2 Å². The molecule has 1 aromatic heterocycles. The molecule has 3 amide bonds. The number of hydrogen-bond acceptors (Lipinski definition) is 7. The number of likely N-dealkylation sites (tertiary alicyclic amines) is 2. The molecule has 1 spiro atoms. The monoisotopic (exact) mass is 455 g/mol. The zero-order valence-corrected chi connectivity index (χ0v) is 19.1. The zero-order chi connectivity index (χ0) is 23.6. The highest BCUT2D eigenvalue weighted by Crippen LogP contribution is 2.45. The predicted octanol–water partition coefficient (Wildman–Crippen LogP) is 2.11. The first kappa shape index (κ1) is 22.8. The second-order valence-corrected chi connectivity index (χ2v) is 8.89. The Morgan fingerprint density at radius 2 is 2.06 bits per heavy atom. The second kappa shape index (κ2) is 9.21. The number of amides is 3. The third-order valence-electron chi connectivity index (χ3n) is 6.61. The molecule has 33 heavy (non-hydrogen) atoms. The molecule has 3 atom stereocenters. The second-order valence-electron chi connectivity index (χ2n) is 8.89. The Morgan fingerprint density at radius 3 is 2.70 bits per heavy atom. The van der Waals surface area contributed by atoms with Crippen molar-refractivity contribution in [1.82, 2.24) is 25.3 Å². The number of nitrogens with zero attached hydrogens (tertiary/aromatic N) is 4. The Hall–Kier alpha value is -3.43. The third-order valence-corrected chi connectivity index (χ3v) is 6.61. The highest BCUT2D eigenvalue weighted by molar-refractivity contribution is 5.99. The van der Waals surface area contributed by atoms with E-state index in [2.05, 4.69) is 15.5 Å². The van der Waals surface area contributed by atoms with E-state index in [1.54, 1.807) is 9.80 Å². The average molecular weight is 456 g/mol. The quantitative estimate of drug-likeness (QED) is 0.635. The number of alkyl carbamates (subject to hydrolysis) is 1. The lowest BCUT2D eigenvalue weighted by atomic mass is 9.77. The molecule has 1 aromatic carbocycles. The summed E-state index contributed by atoms with van der Waals surface area (Å²) in [6.45, 7) is 6.43. The van der Waals surface area contributed by atoms with Crippen molar-refractivity contribution >= 4 is 17.9 Å². The van der Waals surface area contributed by atoms with Crippen LogP contribution in [-0.2, 0) is 27.5 Å². The van der Waals surface area contributed by atoms with E-state index in [1.165, 1.54) is 6.39 Å². The van der Waals surface area contributed by atoms with Crippen LogP contribution in [0, 0.1) is 5.92 Å². The van der Waals surface area contributed by atoms with E-state index < -0.39 is 17.7 Å². The normalized spacial score (nSPS) is 23.0. The average Bonchev–Trinajstić information content (AvgIpc) is 3.50. The molecule has 10 nitrogen and oxygen atoms in total. The van der Waals surface area contributed by atoms with Crippen molar-refractivity contribution in [3.63, 3.8) is 0 Å². The molecule has 0 aliphatic carbocycles. The molecule has 3 heterocycles. The fourth-order valence-electron chi connectivity index (χ4n) is 4.79. The summed E-state index contributed by atoms with van der Waals surface area (Å²) in [6.07, 6.45) is 1.87. The number of aromatic nitrogens is 2. The molecule has 2 fully saturated rings. The Morgan fingerprint density at radius 1 is 1.30 bits per heavy atom. The van der Waals surface area contributed by atoms with Gasteiger partial charge in [-0.15, -0.1) is 10.2 Å². The summed E-state index contributed by atoms with van der Waals surface area (Å²) in [7, 11) is 0. The first-order valence-electron chi connectivity index (χ1n) is 11.2. The van der Waals surface area contributed by atoms with Gasteiger partial charge in [0.25, 0.3) is 5.91 Å². The number of β-lactam (4-membered cyclic amide) rings is 1. The molecule has 1 N–H and O–H groups in total. The molecule has 0 saturated carbocycles. The summed E-state index contributed by atoms with van der Waals surface area (Å²) in [6, 6.07) is 8.32. The summed E-state index contributed by atoms with van der Waals surface area (Å²) in [5.41, 5.74) is -0.0475. The number of rotatable bonds is 7. The van der Waals surface area contributed by atoms with Gasteiger partial charge in [-0.25, -0.2) is 4.79 Å². The molecule has 2 saturated heterocycles. The van der Waals surface area contributed by atoms with Gasteiger partial charge in [-0.1, -0.05) is 44.2 Å². The molecule has 2 aliphatic rings. The van der Waals surface area contributed by atoms with Crippen LogP contribution in [0.5, 0.6) is 0 Å². The maximum absolute atomic E-state index is 13.6.